The standard InChI is InChI=1S/C25H32N4O2S/c1-2-26-25(31)28-21-10-6-4-8-18(21)24(30)29-13-11-19-22(16-12-14-32-15-16)27-20-9-5-3-7-17(20)23(19)29/h3,5,7,9,12,14-15,18-19,21-23,27H,2,4,6,8,10-11,13H2,1H3,(H2,26,28,31)/t18?,19-,21-,22+,23+/m1/s1. The number of para-hydroxylation sites is 1. The van der Waals surface area contributed by atoms with E-state index in [9.17, 15) is 9.59 Å². The zero-order valence-electron chi connectivity index (χ0n) is 18.5. The summed E-state index contributed by atoms with van der Waals surface area (Å²) in [5.41, 5.74) is 3.66. The maximum atomic E-state index is 13.9. The van der Waals surface area contributed by atoms with Crippen molar-refractivity contribution in [2.24, 2.45) is 11.8 Å². The smallest absolute Gasteiger partial charge is 0.315 e. The number of carbonyl (C=O) groups excluding carboxylic acids is 2. The molecule has 32 heavy (non-hydrogen) atoms. The maximum Gasteiger partial charge on any atom is 0.315 e. The summed E-state index contributed by atoms with van der Waals surface area (Å²) in [7, 11) is 0. The SMILES string of the molecule is CCNC(=O)N[C@@H]1CCCCC1C(=O)N1CC[C@@H]2[C@H](c3ccsc3)Nc3ccccc3[C@@H]21. The third kappa shape index (κ3) is 3.87. The summed E-state index contributed by atoms with van der Waals surface area (Å²) in [6.07, 6.45) is 4.80. The van der Waals surface area contributed by atoms with Crippen LogP contribution in [-0.4, -0.2) is 36.0 Å². The molecule has 1 aromatic heterocycles. The molecule has 1 aromatic carbocycles. The summed E-state index contributed by atoms with van der Waals surface area (Å²) in [6.45, 7) is 3.27. The van der Waals surface area contributed by atoms with Crippen LogP contribution in [0.5, 0.6) is 0 Å². The van der Waals surface area contributed by atoms with Crippen molar-refractivity contribution in [2.45, 2.75) is 57.2 Å². The highest BCUT2D eigenvalue weighted by Crippen LogP contribution is 2.52. The van der Waals surface area contributed by atoms with Gasteiger partial charge in [-0.2, -0.15) is 11.3 Å². The number of rotatable bonds is 4. The molecule has 3 heterocycles. The molecular weight excluding hydrogens is 420 g/mol. The number of urea groups is 1. The number of nitrogens with zero attached hydrogens (tertiary/aromatic N) is 1. The number of fused-ring (bicyclic) bond motifs is 3. The second kappa shape index (κ2) is 9.14. The molecule has 170 valence electrons. The topological polar surface area (TPSA) is 73.5 Å². The van der Waals surface area contributed by atoms with Crippen LogP contribution in [0.15, 0.2) is 41.1 Å². The Morgan fingerprint density at radius 3 is 2.81 bits per heavy atom. The molecule has 5 atom stereocenters. The van der Waals surface area contributed by atoms with E-state index in [-0.39, 0.29) is 36.0 Å². The summed E-state index contributed by atoms with van der Waals surface area (Å²) in [4.78, 5) is 28.3. The van der Waals surface area contributed by atoms with Gasteiger partial charge in [-0.25, -0.2) is 4.79 Å². The Balaban J connectivity index is 1.43. The number of carbonyl (C=O) groups is 2. The third-order valence-electron chi connectivity index (χ3n) is 7.39. The minimum atomic E-state index is -0.166. The molecule has 7 heteroatoms. The van der Waals surface area contributed by atoms with Crippen LogP contribution in [0.1, 0.15) is 62.2 Å². The number of hydrogen-bond acceptors (Lipinski definition) is 4. The van der Waals surface area contributed by atoms with E-state index in [1.54, 1.807) is 11.3 Å². The third-order valence-corrected chi connectivity index (χ3v) is 8.09. The van der Waals surface area contributed by atoms with Crippen LogP contribution in [0.3, 0.4) is 0 Å². The van der Waals surface area contributed by atoms with E-state index in [0.29, 0.717) is 12.5 Å². The Hall–Kier alpha value is -2.54. The fourth-order valence-corrected chi connectivity index (χ4v) is 6.64. The first-order chi connectivity index (χ1) is 15.7. The van der Waals surface area contributed by atoms with Crippen molar-refractivity contribution in [3.05, 3.63) is 52.2 Å². The Kier molecular flexibility index (Phi) is 6.09. The Labute approximate surface area is 193 Å². The van der Waals surface area contributed by atoms with E-state index in [0.717, 1.165) is 44.3 Å². The molecule has 2 aliphatic heterocycles. The molecule has 5 rings (SSSR count). The Morgan fingerprint density at radius 1 is 1.16 bits per heavy atom. The van der Waals surface area contributed by atoms with Gasteiger partial charge in [0.1, 0.15) is 0 Å². The predicted molar refractivity (Wildman–Crippen MR) is 128 cm³/mol. The fourth-order valence-electron chi connectivity index (χ4n) is 5.95. The van der Waals surface area contributed by atoms with Gasteiger partial charge in [0, 0.05) is 30.7 Å². The van der Waals surface area contributed by atoms with E-state index in [1.807, 2.05) is 6.92 Å². The van der Waals surface area contributed by atoms with Gasteiger partial charge in [-0.05, 0) is 60.2 Å². The van der Waals surface area contributed by atoms with Gasteiger partial charge in [-0.1, -0.05) is 31.0 Å². The minimum absolute atomic E-state index is 0.0805. The molecule has 0 bridgehead atoms. The van der Waals surface area contributed by atoms with E-state index in [2.05, 4.69) is 61.9 Å². The van der Waals surface area contributed by atoms with Crippen molar-refractivity contribution < 1.29 is 9.59 Å². The van der Waals surface area contributed by atoms with Crippen molar-refractivity contribution in [2.75, 3.05) is 18.4 Å². The van der Waals surface area contributed by atoms with Gasteiger partial charge >= 0.3 is 6.03 Å². The quantitative estimate of drug-likeness (QED) is 0.631. The molecule has 2 fully saturated rings. The lowest BCUT2D eigenvalue weighted by atomic mass is 9.79. The van der Waals surface area contributed by atoms with Crippen LogP contribution < -0.4 is 16.0 Å². The highest BCUT2D eigenvalue weighted by molar-refractivity contribution is 7.08. The number of likely N-dealkylation sites (tertiary alicyclic amines) is 1. The van der Waals surface area contributed by atoms with Crippen molar-refractivity contribution in [3.63, 3.8) is 0 Å². The van der Waals surface area contributed by atoms with Crippen molar-refractivity contribution in [3.8, 4) is 0 Å². The first kappa shape index (κ1) is 21.3. The molecule has 3 aliphatic rings. The van der Waals surface area contributed by atoms with Gasteiger partial charge in [0.15, 0.2) is 0 Å². The monoisotopic (exact) mass is 452 g/mol. The van der Waals surface area contributed by atoms with Crippen LogP contribution in [0.2, 0.25) is 0 Å². The van der Waals surface area contributed by atoms with E-state index in [1.165, 1.54) is 11.1 Å². The zero-order valence-corrected chi connectivity index (χ0v) is 19.4. The number of nitrogens with one attached hydrogen (secondary N) is 3. The average molecular weight is 453 g/mol. The molecular formula is C25H32N4O2S. The molecule has 0 spiro atoms. The number of anilines is 1. The number of hydrogen-bond donors (Lipinski definition) is 3. The molecule has 3 N–H and O–H groups in total. The van der Waals surface area contributed by atoms with E-state index < -0.39 is 0 Å². The number of thiophene rings is 1. The summed E-state index contributed by atoms with van der Waals surface area (Å²) in [5, 5.41) is 14.0. The number of amides is 3. The first-order valence-corrected chi connectivity index (χ1v) is 12.8. The second-order valence-electron chi connectivity index (χ2n) is 9.20. The highest BCUT2D eigenvalue weighted by atomic mass is 32.1. The Morgan fingerprint density at radius 2 is 2.00 bits per heavy atom. The van der Waals surface area contributed by atoms with Crippen LogP contribution in [-0.2, 0) is 4.79 Å². The Bertz CT molecular complexity index is 963. The van der Waals surface area contributed by atoms with Crippen LogP contribution >= 0.6 is 11.3 Å². The normalized spacial score (nSPS) is 28.9. The predicted octanol–water partition coefficient (Wildman–Crippen LogP) is 4.68. The van der Waals surface area contributed by atoms with Gasteiger partial charge in [-0.3, -0.25) is 4.79 Å². The van der Waals surface area contributed by atoms with Crippen LogP contribution in [0.4, 0.5) is 10.5 Å². The highest BCUT2D eigenvalue weighted by Gasteiger charge is 2.48. The summed E-state index contributed by atoms with van der Waals surface area (Å²) < 4.78 is 0. The van der Waals surface area contributed by atoms with Crippen LogP contribution in [0.25, 0.3) is 0 Å². The molecule has 1 unspecified atom stereocenters. The van der Waals surface area contributed by atoms with Gasteiger partial charge in [0.05, 0.1) is 18.0 Å². The number of benzene rings is 1. The van der Waals surface area contributed by atoms with E-state index in [4.69, 9.17) is 0 Å². The molecule has 1 saturated heterocycles. The van der Waals surface area contributed by atoms with Gasteiger partial charge in [0.25, 0.3) is 0 Å². The van der Waals surface area contributed by atoms with Crippen molar-refractivity contribution in [1.29, 1.82) is 0 Å². The van der Waals surface area contributed by atoms with Gasteiger partial charge < -0.3 is 20.9 Å². The summed E-state index contributed by atoms with van der Waals surface area (Å²) in [6, 6.07) is 10.7. The lowest BCUT2D eigenvalue weighted by Crippen LogP contribution is -2.52. The molecule has 0 radical (unpaired) electrons. The van der Waals surface area contributed by atoms with E-state index >= 15 is 0 Å². The first-order valence-electron chi connectivity index (χ1n) is 11.9. The maximum absolute atomic E-state index is 13.9. The lowest BCUT2D eigenvalue weighted by molar-refractivity contribution is -0.138. The largest absolute Gasteiger partial charge is 0.378 e. The molecule has 6 nitrogen and oxygen atoms in total. The molecule has 2 aromatic rings. The van der Waals surface area contributed by atoms with Gasteiger partial charge in [-0.15, -0.1) is 0 Å². The lowest BCUT2D eigenvalue weighted by Gasteiger charge is -2.41. The van der Waals surface area contributed by atoms with Crippen molar-refractivity contribution >= 4 is 29.0 Å². The molecule has 1 saturated carbocycles. The molecule has 3 amide bonds. The average Bonchev–Trinajstić information content (AvgIpc) is 3.49. The summed E-state index contributed by atoms with van der Waals surface area (Å²) in [5.74, 6) is 0.411. The fraction of sp³-hybridized carbons (Fsp3) is 0.520. The second-order valence-corrected chi connectivity index (χ2v) is 9.98. The summed E-state index contributed by atoms with van der Waals surface area (Å²) >= 11 is 1.72. The minimum Gasteiger partial charge on any atom is -0.378 e. The zero-order chi connectivity index (χ0) is 22.1. The molecule has 1 aliphatic carbocycles. The van der Waals surface area contributed by atoms with Crippen LogP contribution in [0, 0.1) is 11.8 Å². The van der Waals surface area contributed by atoms with Gasteiger partial charge in [0.2, 0.25) is 5.91 Å². The van der Waals surface area contributed by atoms with Crippen molar-refractivity contribution in [1.82, 2.24) is 15.5 Å².